The van der Waals surface area contributed by atoms with Gasteiger partial charge < -0.3 is 5.32 Å². The van der Waals surface area contributed by atoms with Gasteiger partial charge in [0.25, 0.3) is 0 Å². The molecule has 0 radical (unpaired) electrons. The van der Waals surface area contributed by atoms with Crippen LogP contribution in [-0.4, -0.2) is 11.4 Å². The number of hydrogen-bond acceptors (Lipinski definition) is 1. The number of nitrogens with one attached hydrogen (secondary N) is 1. The van der Waals surface area contributed by atoms with E-state index in [1.54, 1.807) is 0 Å². The molecule has 1 heterocycles. The molecule has 2 aliphatic rings. The first kappa shape index (κ1) is 9.04. The zero-order valence-electron chi connectivity index (χ0n) is 8.60. The third-order valence-corrected chi connectivity index (χ3v) is 3.76. The second-order valence-corrected chi connectivity index (χ2v) is 5.13. The molecule has 1 saturated carbocycles. The first-order valence-corrected chi connectivity index (χ1v) is 5.40. The summed E-state index contributed by atoms with van der Waals surface area (Å²) in [5.41, 5.74) is 0.0477. The van der Waals surface area contributed by atoms with Crippen molar-refractivity contribution in [3.05, 3.63) is 0 Å². The number of carbonyl (C=O) groups is 1. The Bertz CT molecular complexity index is 216. The Morgan fingerprint density at radius 3 is 2.38 bits per heavy atom. The monoisotopic (exact) mass is 181 g/mol. The van der Waals surface area contributed by atoms with E-state index in [2.05, 4.69) is 19.2 Å². The van der Waals surface area contributed by atoms with E-state index >= 15 is 0 Å². The molecular weight excluding hydrogens is 162 g/mol. The molecule has 2 heteroatoms. The maximum Gasteiger partial charge on any atom is 0.220 e. The Labute approximate surface area is 80.1 Å². The van der Waals surface area contributed by atoms with Crippen molar-refractivity contribution in [3.63, 3.8) is 0 Å². The highest BCUT2D eigenvalue weighted by atomic mass is 16.2. The number of rotatable bonds is 1. The van der Waals surface area contributed by atoms with Gasteiger partial charge in [-0.25, -0.2) is 0 Å². The van der Waals surface area contributed by atoms with E-state index in [-0.39, 0.29) is 11.4 Å². The molecule has 0 aromatic rings. The SMILES string of the molecule is CC1(C)NC(=O)CC1C1CCCC1. The lowest BCUT2D eigenvalue weighted by Gasteiger charge is -2.30. The summed E-state index contributed by atoms with van der Waals surface area (Å²) in [4.78, 5) is 11.3. The molecule has 1 aliphatic heterocycles. The largest absolute Gasteiger partial charge is 0.351 e. The molecule has 2 fully saturated rings. The summed E-state index contributed by atoms with van der Waals surface area (Å²) in [6.45, 7) is 4.34. The summed E-state index contributed by atoms with van der Waals surface area (Å²) in [6.07, 6.45) is 6.17. The van der Waals surface area contributed by atoms with Crippen LogP contribution in [0, 0.1) is 11.8 Å². The lowest BCUT2D eigenvalue weighted by atomic mass is 9.78. The van der Waals surface area contributed by atoms with Crippen LogP contribution in [0.2, 0.25) is 0 Å². The lowest BCUT2D eigenvalue weighted by Crippen LogP contribution is -2.41. The maximum absolute atomic E-state index is 11.3. The predicted molar refractivity (Wildman–Crippen MR) is 52.3 cm³/mol. The minimum absolute atomic E-state index is 0.0477. The van der Waals surface area contributed by atoms with Crippen LogP contribution in [0.1, 0.15) is 46.0 Å². The van der Waals surface area contributed by atoms with Gasteiger partial charge in [-0.1, -0.05) is 25.7 Å². The van der Waals surface area contributed by atoms with Gasteiger partial charge in [0, 0.05) is 12.0 Å². The highest BCUT2D eigenvalue weighted by molar-refractivity contribution is 5.79. The summed E-state index contributed by atoms with van der Waals surface area (Å²) >= 11 is 0. The van der Waals surface area contributed by atoms with Crippen LogP contribution in [0.25, 0.3) is 0 Å². The van der Waals surface area contributed by atoms with Crippen molar-refractivity contribution in [1.29, 1.82) is 0 Å². The smallest absolute Gasteiger partial charge is 0.220 e. The van der Waals surface area contributed by atoms with Crippen LogP contribution < -0.4 is 5.32 Å². The van der Waals surface area contributed by atoms with Crippen molar-refractivity contribution in [1.82, 2.24) is 5.32 Å². The van der Waals surface area contributed by atoms with E-state index in [4.69, 9.17) is 0 Å². The lowest BCUT2D eigenvalue weighted by molar-refractivity contribution is -0.119. The van der Waals surface area contributed by atoms with Crippen molar-refractivity contribution in [2.45, 2.75) is 51.5 Å². The quantitative estimate of drug-likeness (QED) is 0.659. The van der Waals surface area contributed by atoms with Gasteiger partial charge in [0.15, 0.2) is 0 Å². The van der Waals surface area contributed by atoms with Crippen molar-refractivity contribution in [2.24, 2.45) is 11.8 Å². The highest BCUT2D eigenvalue weighted by Gasteiger charge is 2.43. The van der Waals surface area contributed by atoms with Gasteiger partial charge in [-0.15, -0.1) is 0 Å². The minimum Gasteiger partial charge on any atom is -0.351 e. The van der Waals surface area contributed by atoms with Gasteiger partial charge in [0.1, 0.15) is 0 Å². The fourth-order valence-electron chi connectivity index (χ4n) is 3.07. The zero-order chi connectivity index (χ0) is 9.47. The van der Waals surface area contributed by atoms with E-state index in [9.17, 15) is 4.79 Å². The van der Waals surface area contributed by atoms with E-state index in [0.29, 0.717) is 5.92 Å². The van der Waals surface area contributed by atoms with Crippen molar-refractivity contribution in [2.75, 3.05) is 0 Å². The van der Waals surface area contributed by atoms with Gasteiger partial charge in [-0.3, -0.25) is 4.79 Å². The summed E-state index contributed by atoms with van der Waals surface area (Å²) in [5.74, 6) is 1.64. The molecule has 0 bridgehead atoms. The molecule has 1 saturated heterocycles. The molecule has 2 nitrogen and oxygen atoms in total. The molecule has 1 aliphatic carbocycles. The number of amides is 1. The molecule has 0 spiro atoms. The molecule has 1 atom stereocenters. The first-order valence-electron chi connectivity index (χ1n) is 5.40. The van der Waals surface area contributed by atoms with E-state index in [0.717, 1.165) is 12.3 Å². The average Bonchev–Trinajstić information content (AvgIpc) is 2.56. The molecule has 1 N–H and O–H groups in total. The Morgan fingerprint density at radius 2 is 1.92 bits per heavy atom. The van der Waals surface area contributed by atoms with Gasteiger partial charge in [0.05, 0.1) is 0 Å². The van der Waals surface area contributed by atoms with Crippen LogP contribution in [-0.2, 0) is 4.79 Å². The normalized spacial score (nSPS) is 33.7. The molecule has 13 heavy (non-hydrogen) atoms. The number of carbonyl (C=O) groups excluding carboxylic acids is 1. The third-order valence-electron chi connectivity index (χ3n) is 3.76. The zero-order valence-corrected chi connectivity index (χ0v) is 8.60. The Balaban J connectivity index is 2.09. The molecule has 0 aromatic heterocycles. The molecule has 0 aromatic carbocycles. The van der Waals surface area contributed by atoms with Gasteiger partial charge >= 0.3 is 0 Å². The Hall–Kier alpha value is -0.530. The average molecular weight is 181 g/mol. The van der Waals surface area contributed by atoms with Crippen LogP contribution in [0.4, 0.5) is 0 Å². The van der Waals surface area contributed by atoms with Crippen LogP contribution in [0.3, 0.4) is 0 Å². The second kappa shape index (κ2) is 3.00. The Kier molecular flexibility index (Phi) is 2.09. The first-order chi connectivity index (χ1) is 6.09. The van der Waals surface area contributed by atoms with Crippen molar-refractivity contribution < 1.29 is 4.79 Å². The fourth-order valence-corrected chi connectivity index (χ4v) is 3.07. The topological polar surface area (TPSA) is 29.1 Å². The van der Waals surface area contributed by atoms with E-state index in [1.807, 2.05) is 0 Å². The minimum atomic E-state index is 0.0477. The van der Waals surface area contributed by atoms with Gasteiger partial charge in [-0.2, -0.15) is 0 Å². The summed E-state index contributed by atoms with van der Waals surface area (Å²) < 4.78 is 0. The number of hydrogen-bond donors (Lipinski definition) is 1. The summed E-state index contributed by atoms with van der Waals surface area (Å²) in [7, 11) is 0. The van der Waals surface area contributed by atoms with Crippen molar-refractivity contribution in [3.8, 4) is 0 Å². The van der Waals surface area contributed by atoms with E-state index < -0.39 is 0 Å². The van der Waals surface area contributed by atoms with Crippen LogP contribution in [0.15, 0.2) is 0 Å². The fraction of sp³-hybridized carbons (Fsp3) is 0.909. The molecular formula is C11H19NO. The molecule has 74 valence electrons. The van der Waals surface area contributed by atoms with E-state index in [1.165, 1.54) is 25.7 Å². The maximum atomic E-state index is 11.3. The van der Waals surface area contributed by atoms with Gasteiger partial charge in [-0.05, 0) is 25.7 Å². The molecule has 2 rings (SSSR count). The summed E-state index contributed by atoms with van der Waals surface area (Å²) in [6, 6.07) is 0. The third kappa shape index (κ3) is 1.59. The Morgan fingerprint density at radius 1 is 1.31 bits per heavy atom. The van der Waals surface area contributed by atoms with Crippen molar-refractivity contribution >= 4 is 5.91 Å². The predicted octanol–water partition coefficient (Wildman–Crippen LogP) is 2.09. The molecule has 1 unspecified atom stereocenters. The van der Waals surface area contributed by atoms with Gasteiger partial charge in [0.2, 0.25) is 5.91 Å². The summed E-state index contributed by atoms with van der Waals surface area (Å²) in [5, 5.41) is 3.08. The second-order valence-electron chi connectivity index (χ2n) is 5.13. The standard InChI is InChI=1S/C11H19NO/c1-11(2)9(7-10(13)12-11)8-5-3-4-6-8/h8-9H,3-7H2,1-2H3,(H,12,13). The molecule has 1 amide bonds. The van der Waals surface area contributed by atoms with Crippen LogP contribution in [0.5, 0.6) is 0 Å². The highest BCUT2D eigenvalue weighted by Crippen LogP contribution is 2.41. The van der Waals surface area contributed by atoms with Crippen LogP contribution >= 0.6 is 0 Å².